The van der Waals surface area contributed by atoms with Gasteiger partial charge in [-0.15, -0.1) is 11.8 Å². The molecule has 2 aliphatic heterocycles. The highest BCUT2D eigenvalue weighted by molar-refractivity contribution is 8.00. The molecule has 0 saturated carbocycles. The fraction of sp³-hybridized carbons (Fsp3) is 0.435. The van der Waals surface area contributed by atoms with Crippen molar-refractivity contribution in [3.63, 3.8) is 0 Å². The van der Waals surface area contributed by atoms with Crippen molar-refractivity contribution in [3.05, 3.63) is 48.5 Å². The summed E-state index contributed by atoms with van der Waals surface area (Å²) < 4.78 is 5.34. The van der Waals surface area contributed by atoms with E-state index in [1.54, 1.807) is 7.11 Å². The lowest BCUT2D eigenvalue weighted by Crippen LogP contribution is -2.52. The molecular weight excluding hydrogens is 382 g/mol. The molecule has 0 aromatic heterocycles. The van der Waals surface area contributed by atoms with Gasteiger partial charge in [0, 0.05) is 54.6 Å². The molecule has 2 aliphatic rings. The molecule has 5 nitrogen and oxygen atoms in total. The molecule has 1 saturated heterocycles. The summed E-state index contributed by atoms with van der Waals surface area (Å²) in [4.78, 5) is 21.0. The molecule has 2 heterocycles. The van der Waals surface area contributed by atoms with Gasteiger partial charge in [0.25, 0.3) is 0 Å². The van der Waals surface area contributed by atoms with Crippen LogP contribution in [0, 0.1) is 0 Å². The van der Waals surface area contributed by atoms with Gasteiger partial charge in [0.05, 0.1) is 19.3 Å². The van der Waals surface area contributed by atoms with Crippen LogP contribution in [0.25, 0.3) is 0 Å². The first-order valence-corrected chi connectivity index (χ1v) is 11.2. The number of anilines is 2. The lowest BCUT2D eigenvalue weighted by Gasteiger charge is -2.39. The number of piperazine rings is 1. The van der Waals surface area contributed by atoms with Crippen molar-refractivity contribution in [3.8, 4) is 5.75 Å². The summed E-state index contributed by atoms with van der Waals surface area (Å²) in [6, 6.07) is 16.6. The zero-order valence-electron chi connectivity index (χ0n) is 17.2. The number of ether oxygens (including phenoxy) is 1. The minimum atomic E-state index is 0.229. The number of carbonyl (C=O) groups excluding carboxylic acids is 1. The molecule has 0 bridgehead atoms. The quantitative estimate of drug-likeness (QED) is 0.749. The third-order valence-corrected chi connectivity index (χ3v) is 7.17. The summed E-state index contributed by atoms with van der Waals surface area (Å²) in [6.07, 6.45) is 1.11. The molecular formula is C23H29N3O2S. The maximum Gasteiger partial charge on any atom is 0.242 e. The number of hydrogen-bond donors (Lipinski definition) is 0. The van der Waals surface area contributed by atoms with Crippen LogP contribution < -0.4 is 14.5 Å². The Labute approximate surface area is 177 Å². The molecule has 0 spiro atoms. The second-order valence-electron chi connectivity index (χ2n) is 7.57. The topological polar surface area (TPSA) is 36.0 Å². The SMILES string of the molecule is CC[C@@H]1CN(CC(=O)N2CCN(c3cccc(OC)c3)CC2)c2ccccc2S1. The van der Waals surface area contributed by atoms with Crippen LogP contribution in [-0.2, 0) is 4.79 Å². The number of benzene rings is 2. The van der Waals surface area contributed by atoms with Crippen molar-refractivity contribution in [2.45, 2.75) is 23.5 Å². The molecule has 1 fully saturated rings. The fourth-order valence-corrected chi connectivity index (χ4v) is 5.28. The van der Waals surface area contributed by atoms with Crippen molar-refractivity contribution in [2.75, 3.05) is 56.2 Å². The van der Waals surface area contributed by atoms with Crippen LogP contribution in [-0.4, -0.2) is 62.4 Å². The summed E-state index contributed by atoms with van der Waals surface area (Å²) in [5, 5.41) is 0.544. The molecule has 154 valence electrons. The highest BCUT2D eigenvalue weighted by Crippen LogP contribution is 2.39. The van der Waals surface area contributed by atoms with Crippen molar-refractivity contribution in [1.82, 2.24) is 4.90 Å². The van der Waals surface area contributed by atoms with E-state index < -0.39 is 0 Å². The summed E-state index contributed by atoms with van der Waals surface area (Å²) >= 11 is 1.94. The predicted molar refractivity (Wildman–Crippen MR) is 120 cm³/mol. The van der Waals surface area contributed by atoms with E-state index in [2.05, 4.69) is 53.1 Å². The van der Waals surface area contributed by atoms with Crippen molar-refractivity contribution < 1.29 is 9.53 Å². The Bertz CT molecular complexity index is 852. The minimum absolute atomic E-state index is 0.229. The normalized spacial score (nSPS) is 19.1. The highest BCUT2D eigenvalue weighted by Gasteiger charge is 2.28. The minimum Gasteiger partial charge on any atom is -0.497 e. The van der Waals surface area contributed by atoms with Gasteiger partial charge in [-0.1, -0.05) is 25.1 Å². The van der Waals surface area contributed by atoms with Crippen LogP contribution in [0.2, 0.25) is 0 Å². The number of amides is 1. The monoisotopic (exact) mass is 411 g/mol. The van der Waals surface area contributed by atoms with Gasteiger partial charge in [0.2, 0.25) is 5.91 Å². The molecule has 2 aromatic carbocycles. The van der Waals surface area contributed by atoms with E-state index in [1.807, 2.05) is 28.8 Å². The van der Waals surface area contributed by atoms with Gasteiger partial charge in [-0.25, -0.2) is 0 Å². The molecule has 1 atom stereocenters. The number of methoxy groups -OCH3 is 1. The zero-order chi connectivity index (χ0) is 20.2. The van der Waals surface area contributed by atoms with Crippen LogP contribution in [0.5, 0.6) is 5.75 Å². The van der Waals surface area contributed by atoms with Gasteiger partial charge in [-0.3, -0.25) is 4.79 Å². The average Bonchev–Trinajstić information content (AvgIpc) is 2.79. The molecule has 29 heavy (non-hydrogen) atoms. The third-order valence-electron chi connectivity index (χ3n) is 5.76. The number of hydrogen-bond acceptors (Lipinski definition) is 5. The molecule has 4 rings (SSSR count). The summed E-state index contributed by atoms with van der Waals surface area (Å²) in [5.41, 5.74) is 2.36. The maximum atomic E-state index is 13.1. The standard InChI is InChI=1S/C23H29N3O2S/c1-3-20-16-26(21-9-4-5-10-22(21)29-20)17-23(27)25-13-11-24(12-14-25)18-7-6-8-19(15-18)28-2/h4-10,15,20H,3,11-14,16-17H2,1-2H3/t20-/m1/s1. The van der Waals surface area contributed by atoms with E-state index in [1.165, 1.54) is 10.6 Å². The zero-order valence-corrected chi connectivity index (χ0v) is 18.0. The van der Waals surface area contributed by atoms with Crippen LogP contribution in [0.4, 0.5) is 11.4 Å². The first-order chi connectivity index (χ1) is 14.2. The molecule has 2 aromatic rings. The Balaban J connectivity index is 1.38. The Morgan fingerprint density at radius 2 is 1.90 bits per heavy atom. The number of rotatable bonds is 5. The number of carbonyl (C=O) groups is 1. The Morgan fingerprint density at radius 1 is 1.10 bits per heavy atom. The third kappa shape index (κ3) is 4.47. The maximum absolute atomic E-state index is 13.1. The molecule has 0 N–H and O–H groups in total. The first-order valence-electron chi connectivity index (χ1n) is 10.4. The van der Waals surface area contributed by atoms with E-state index >= 15 is 0 Å². The smallest absolute Gasteiger partial charge is 0.242 e. The highest BCUT2D eigenvalue weighted by atomic mass is 32.2. The van der Waals surface area contributed by atoms with Crippen molar-refractivity contribution >= 4 is 29.0 Å². The summed E-state index contributed by atoms with van der Waals surface area (Å²) in [6.45, 7) is 6.85. The van der Waals surface area contributed by atoms with Gasteiger partial charge < -0.3 is 19.4 Å². The Morgan fingerprint density at radius 3 is 2.66 bits per heavy atom. The van der Waals surface area contributed by atoms with Gasteiger partial charge in [-0.05, 0) is 30.7 Å². The van der Waals surface area contributed by atoms with Gasteiger partial charge >= 0.3 is 0 Å². The number of fused-ring (bicyclic) bond motifs is 1. The van der Waals surface area contributed by atoms with E-state index in [-0.39, 0.29) is 5.91 Å². The van der Waals surface area contributed by atoms with Crippen molar-refractivity contribution in [1.29, 1.82) is 0 Å². The lowest BCUT2D eigenvalue weighted by atomic mass is 10.2. The second kappa shape index (κ2) is 8.99. The number of para-hydroxylation sites is 1. The molecule has 0 aliphatic carbocycles. The van der Waals surface area contributed by atoms with E-state index in [4.69, 9.17) is 4.74 Å². The van der Waals surface area contributed by atoms with Crippen LogP contribution in [0.15, 0.2) is 53.4 Å². The van der Waals surface area contributed by atoms with E-state index in [9.17, 15) is 4.79 Å². The van der Waals surface area contributed by atoms with Crippen LogP contribution in [0.1, 0.15) is 13.3 Å². The molecule has 0 unspecified atom stereocenters. The predicted octanol–water partition coefficient (Wildman–Crippen LogP) is 3.73. The molecule has 0 radical (unpaired) electrons. The van der Waals surface area contributed by atoms with E-state index in [0.717, 1.165) is 50.6 Å². The number of nitrogens with zero attached hydrogens (tertiary/aromatic N) is 3. The Hall–Kier alpha value is -2.34. The average molecular weight is 412 g/mol. The molecule has 1 amide bonds. The van der Waals surface area contributed by atoms with Gasteiger partial charge in [0.1, 0.15) is 5.75 Å². The van der Waals surface area contributed by atoms with Crippen LogP contribution in [0.3, 0.4) is 0 Å². The largest absolute Gasteiger partial charge is 0.497 e. The van der Waals surface area contributed by atoms with Crippen LogP contribution >= 0.6 is 11.8 Å². The summed E-state index contributed by atoms with van der Waals surface area (Å²) in [5.74, 6) is 1.10. The van der Waals surface area contributed by atoms with Crippen molar-refractivity contribution in [2.24, 2.45) is 0 Å². The Kier molecular flexibility index (Phi) is 6.19. The summed E-state index contributed by atoms with van der Waals surface area (Å²) in [7, 11) is 1.69. The van der Waals surface area contributed by atoms with E-state index in [0.29, 0.717) is 11.8 Å². The van der Waals surface area contributed by atoms with Gasteiger partial charge in [0.15, 0.2) is 0 Å². The lowest BCUT2D eigenvalue weighted by molar-refractivity contribution is -0.130. The second-order valence-corrected chi connectivity index (χ2v) is 8.91. The first kappa shape index (κ1) is 20.0. The molecule has 6 heteroatoms. The number of thioether (sulfide) groups is 1. The fourth-order valence-electron chi connectivity index (χ4n) is 4.03. The van der Waals surface area contributed by atoms with Gasteiger partial charge in [-0.2, -0.15) is 0 Å².